The summed E-state index contributed by atoms with van der Waals surface area (Å²) in [5.74, 6) is -5.89. The van der Waals surface area contributed by atoms with Crippen LogP contribution in [-0.4, -0.2) is 15.7 Å². The molecule has 3 rings (SSSR count). The minimum absolute atomic E-state index is 0.0801. The SMILES string of the molecule is Cn1cc(C(=O)N(c2ccccc2)c2ccc(F)c(F)c2F)c(C(F)F)n1. The van der Waals surface area contributed by atoms with Crippen LogP contribution in [0.3, 0.4) is 0 Å². The van der Waals surface area contributed by atoms with E-state index in [4.69, 9.17) is 0 Å². The zero-order valence-electron chi connectivity index (χ0n) is 13.8. The van der Waals surface area contributed by atoms with Gasteiger partial charge in [0, 0.05) is 18.9 Å². The molecule has 0 saturated carbocycles. The molecule has 1 aromatic heterocycles. The Labute approximate surface area is 150 Å². The number of amides is 1. The quantitative estimate of drug-likeness (QED) is 0.483. The van der Waals surface area contributed by atoms with Gasteiger partial charge in [-0.2, -0.15) is 5.10 Å². The van der Waals surface area contributed by atoms with E-state index < -0.39 is 46.7 Å². The molecule has 3 aromatic rings. The monoisotopic (exact) mass is 381 g/mol. The van der Waals surface area contributed by atoms with E-state index in [0.29, 0.717) is 11.0 Å². The highest BCUT2D eigenvalue weighted by molar-refractivity contribution is 6.11. The number of hydrogen-bond acceptors (Lipinski definition) is 2. The number of carbonyl (C=O) groups is 1. The number of alkyl halides is 2. The molecule has 0 bridgehead atoms. The molecule has 1 heterocycles. The molecule has 9 heteroatoms. The van der Waals surface area contributed by atoms with Crippen LogP contribution in [0.1, 0.15) is 22.5 Å². The van der Waals surface area contributed by atoms with Gasteiger partial charge in [-0.05, 0) is 24.3 Å². The molecule has 27 heavy (non-hydrogen) atoms. The second-order valence-electron chi connectivity index (χ2n) is 5.57. The van der Waals surface area contributed by atoms with E-state index in [0.717, 1.165) is 16.9 Å². The fourth-order valence-corrected chi connectivity index (χ4v) is 2.58. The Balaban J connectivity index is 2.21. The van der Waals surface area contributed by atoms with E-state index in [9.17, 15) is 26.7 Å². The third kappa shape index (κ3) is 3.40. The van der Waals surface area contributed by atoms with Gasteiger partial charge in [-0.3, -0.25) is 14.4 Å². The molecule has 0 radical (unpaired) electrons. The molecule has 0 aliphatic carbocycles. The van der Waals surface area contributed by atoms with Crippen LogP contribution >= 0.6 is 0 Å². The number of nitrogens with zero attached hydrogens (tertiary/aromatic N) is 3. The lowest BCUT2D eigenvalue weighted by molar-refractivity contribution is 0.0983. The lowest BCUT2D eigenvalue weighted by Crippen LogP contribution is -2.28. The summed E-state index contributed by atoms with van der Waals surface area (Å²) in [6, 6.07) is 8.96. The van der Waals surface area contributed by atoms with Gasteiger partial charge in [0.15, 0.2) is 17.5 Å². The highest BCUT2D eigenvalue weighted by Crippen LogP contribution is 2.33. The van der Waals surface area contributed by atoms with Gasteiger partial charge >= 0.3 is 0 Å². The number of anilines is 2. The maximum absolute atomic E-state index is 14.4. The van der Waals surface area contributed by atoms with Crippen molar-refractivity contribution < 1.29 is 26.7 Å². The van der Waals surface area contributed by atoms with Gasteiger partial charge in [-0.25, -0.2) is 22.0 Å². The summed E-state index contributed by atoms with van der Waals surface area (Å²) in [7, 11) is 1.34. The van der Waals surface area contributed by atoms with Crippen molar-refractivity contribution in [2.24, 2.45) is 7.05 Å². The summed E-state index contributed by atoms with van der Waals surface area (Å²) in [6.07, 6.45) is -2.00. The van der Waals surface area contributed by atoms with E-state index in [2.05, 4.69) is 5.10 Å². The molecule has 0 saturated heterocycles. The molecule has 0 fully saturated rings. The number of halogens is 5. The molecule has 0 spiro atoms. The number of carbonyl (C=O) groups excluding carboxylic acids is 1. The largest absolute Gasteiger partial charge is 0.282 e. The topological polar surface area (TPSA) is 38.1 Å². The lowest BCUT2D eigenvalue weighted by Gasteiger charge is -2.23. The predicted molar refractivity (Wildman–Crippen MR) is 87.4 cm³/mol. The van der Waals surface area contributed by atoms with Gasteiger partial charge in [0.05, 0.1) is 11.3 Å². The lowest BCUT2D eigenvalue weighted by atomic mass is 10.1. The van der Waals surface area contributed by atoms with Gasteiger partial charge in [-0.15, -0.1) is 0 Å². The minimum Gasteiger partial charge on any atom is -0.275 e. The van der Waals surface area contributed by atoms with Crippen molar-refractivity contribution in [1.82, 2.24) is 9.78 Å². The standard InChI is InChI=1S/C18H12F5N3O/c1-25-9-11(16(24-25)17(22)23)18(27)26(10-5-3-2-4-6-10)13-8-7-12(19)14(20)15(13)21/h2-9,17H,1H3. The Morgan fingerprint density at radius 1 is 1.04 bits per heavy atom. The molecule has 0 unspecified atom stereocenters. The van der Waals surface area contributed by atoms with Crippen LogP contribution in [0.25, 0.3) is 0 Å². The summed E-state index contributed by atoms with van der Waals surface area (Å²) < 4.78 is 68.9. The smallest absolute Gasteiger partial charge is 0.275 e. The summed E-state index contributed by atoms with van der Waals surface area (Å²) in [5, 5.41) is 3.55. The Bertz CT molecular complexity index is 988. The van der Waals surface area contributed by atoms with E-state index in [1.165, 1.54) is 31.3 Å². The van der Waals surface area contributed by atoms with Crippen LogP contribution < -0.4 is 4.90 Å². The molecule has 2 aromatic carbocycles. The van der Waals surface area contributed by atoms with E-state index in [-0.39, 0.29) is 5.69 Å². The zero-order valence-corrected chi connectivity index (χ0v) is 13.8. The van der Waals surface area contributed by atoms with E-state index >= 15 is 0 Å². The van der Waals surface area contributed by atoms with Crippen molar-refractivity contribution in [3.63, 3.8) is 0 Å². The molecule has 1 amide bonds. The average molecular weight is 381 g/mol. The van der Waals surface area contributed by atoms with Gasteiger partial charge in [0.2, 0.25) is 0 Å². The van der Waals surface area contributed by atoms with Gasteiger partial charge in [0.25, 0.3) is 12.3 Å². The first-order valence-corrected chi connectivity index (χ1v) is 7.66. The molecular formula is C18H12F5N3O. The van der Waals surface area contributed by atoms with Crippen LogP contribution in [-0.2, 0) is 7.05 Å². The first-order valence-electron chi connectivity index (χ1n) is 7.66. The van der Waals surface area contributed by atoms with Crippen molar-refractivity contribution in [2.75, 3.05) is 4.90 Å². The molecule has 0 aliphatic heterocycles. The Morgan fingerprint density at radius 2 is 1.70 bits per heavy atom. The number of aromatic nitrogens is 2. The van der Waals surface area contributed by atoms with Crippen LogP contribution in [0.5, 0.6) is 0 Å². The molecule has 0 N–H and O–H groups in total. The maximum Gasteiger partial charge on any atom is 0.282 e. The summed E-state index contributed by atoms with van der Waals surface area (Å²) in [5.41, 5.74) is -1.82. The summed E-state index contributed by atoms with van der Waals surface area (Å²) >= 11 is 0. The number of benzene rings is 2. The Morgan fingerprint density at radius 3 is 2.33 bits per heavy atom. The highest BCUT2D eigenvalue weighted by atomic mass is 19.3. The van der Waals surface area contributed by atoms with Gasteiger partial charge in [0.1, 0.15) is 5.69 Å². The number of rotatable bonds is 4. The fraction of sp³-hybridized carbons (Fsp3) is 0.111. The normalized spacial score (nSPS) is 11.1. The van der Waals surface area contributed by atoms with Gasteiger partial charge < -0.3 is 0 Å². The van der Waals surface area contributed by atoms with Crippen LogP contribution in [0.4, 0.5) is 33.3 Å². The molecule has 4 nitrogen and oxygen atoms in total. The van der Waals surface area contributed by atoms with Crippen molar-refractivity contribution in [2.45, 2.75) is 6.43 Å². The summed E-state index contributed by atoms with van der Waals surface area (Å²) in [4.78, 5) is 13.7. The zero-order chi connectivity index (χ0) is 19.7. The number of aryl methyl sites for hydroxylation is 1. The van der Waals surface area contributed by atoms with Gasteiger partial charge in [-0.1, -0.05) is 18.2 Å². The van der Waals surface area contributed by atoms with E-state index in [1.807, 2.05) is 0 Å². The average Bonchev–Trinajstić information content (AvgIpc) is 3.05. The van der Waals surface area contributed by atoms with Crippen molar-refractivity contribution in [1.29, 1.82) is 0 Å². The second kappa shape index (κ2) is 7.18. The predicted octanol–water partition coefficient (Wildman–Crippen LogP) is 4.75. The van der Waals surface area contributed by atoms with Crippen LogP contribution in [0, 0.1) is 17.5 Å². The van der Waals surface area contributed by atoms with Crippen molar-refractivity contribution in [3.8, 4) is 0 Å². The van der Waals surface area contributed by atoms with Crippen molar-refractivity contribution >= 4 is 17.3 Å². The number of hydrogen-bond donors (Lipinski definition) is 0. The van der Waals surface area contributed by atoms with Crippen LogP contribution in [0.2, 0.25) is 0 Å². The summed E-state index contributed by atoms with van der Waals surface area (Å²) in [6.45, 7) is 0. The molecule has 140 valence electrons. The van der Waals surface area contributed by atoms with Crippen LogP contribution in [0.15, 0.2) is 48.7 Å². The molecule has 0 atom stereocenters. The number of para-hydroxylation sites is 1. The third-order valence-electron chi connectivity index (χ3n) is 3.77. The first kappa shape index (κ1) is 18.6. The Kier molecular flexibility index (Phi) is 4.93. The Hall–Kier alpha value is -3.23. The molecular weight excluding hydrogens is 369 g/mol. The first-order chi connectivity index (χ1) is 12.8. The maximum atomic E-state index is 14.4. The molecule has 0 aliphatic rings. The van der Waals surface area contributed by atoms with Crippen molar-refractivity contribution in [3.05, 3.63) is 77.4 Å². The highest BCUT2D eigenvalue weighted by Gasteiger charge is 2.30. The van der Waals surface area contributed by atoms with E-state index in [1.54, 1.807) is 6.07 Å². The fourth-order valence-electron chi connectivity index (χ4n) is 2.58. The second-order valence-corrected chi connectivity index (χ2v) is 5.57. The third-order valence-corrected chi connectivity index (χ3v) is 3.77. The minimum atomic E-state index is -3.06.